The standard InChI is InChI=1S/C23H30BrN3O5S/c1-5-14-25-23(29)17(2)26(15-18-6-8-19(24)9-7-18)22(28)16-27(33(4,30)31)20-10-12-21(32-3)13-11-20/h6-13,17H,5,14-16H2,1-4H3,(H,25,29)/t17-/m0/s1. The highest BCUT2D eigenvalue weighted by atomic mass is 79.9. The predicted octanol–water partition coefficient (Wildman–Crippen LogP) is 3.17. The predicted molar refractivity (Wildman–Crippen MR) is 133 cm³/mol. The first kappa shape index (κ1) is 26.7. The molecule has 2 aromatic rings. The summed E-state index contributed by atoms with van der Waals surface area (Å²) >= 11 is 3.38. The topological polar surface area (TPSA) is 96.0 Å². The summed E-state index contributed by atoms with van der Waals surface area (Å²) in [4.78, 5) is 27.4. The van der Waals surface area contributed by atoms with Gasteiger partial charge in [0.2, 0.25) is 21.8 Å². The number of carbonyl (C=O) groups is 2. The smallest absolute Gasteiger partial charge is 0.244 e. The minimum Gasteiger partial charge on any atom is -0.497 e. The number of nitrogens with one attached hydrogen (secondary N) is 1. The number of nitrogens with zero attached hydrogens (tertiary/aromatic N) is 2. The minimum atomic E-state index is -3.77. The van der Waals surface area contributed by atoms with E-state index in [4.69, 9.17) is 4.74 Å². The molecule has 0 aromatic heterocycles. The molecule has 33 heavy (non-hydrogen) atoms. The number of benzene rings is 2. The lowest BCUT2D eigenvalue weighted by molar-refractivity contribution is -0.139. The molecule has 2 rings (SSSR count). The van der Waals surface area contributed by atoms with E-state index >= 15 is 0 Å². The van der Waals surface area contributed by atoms with Crippen LogP contribution in [0.5, 0.6) is 5.75 Å². The second-order valence-electron chi connectivity index (χ2n) is 7.58. The van der Waals surface area contributed by atoms with Crippen LogP contribution < -0.4 is 14.4 Å². The molecule has 0 aliphatic rings. The molecule has 0 spiro atoms. The molecule has 0 bridgehead atoms. The molecule has 8 nitrogen and oxygen atoms in total. The number of anilines is 1. The van der Waals surface area contributed by atoms with Gasteiger partial charge in [-0.2, -0.15) is 0 Å². The summed E-state index contributed by atoms with van der Waals surface area (Å²) in [5, 5.41) is 2.80. The second-order valence-corrected chi connectivity index (χ2v) is 10.4. The lowest BCUT2D eigenvalue weighted by atomic mass is 10.1. The van der Waals surface area contributed by atoms with Crippen molar-refractivity contribution < 1.29 is 22.7 Å². The lowest BCUT2D eigenvalue weighted by Crippen LogP contribution is -2.51. The highest BCUT2D eigenvalue weighted by Gasteiger charge is 2.30. The molecule has 0 aliphatic carbocycles. The van der Waals surface area contributed by atoms with Gasteiger partial charge in [-0.3, -0.25) is 13.9 Å². The lowest BCUT2D eigenvalue weighted by Gasteiger charge is -2.31. The fraction of sp³-hybridized carbons (Fsp3) is 0.391. The monoisotopic (exact) mass is 539 g/mol. The van der Waals surface area contributed by atoms with Gasteiger partial charge in [-0.1, -0.05) is 35.0 Å². The van der Waals surface area contributed by atoms with E-state index in [2.05, 4.69) is 21.2 Å². The van der Waals surface area contributed by atoms with Gasteiger partial charge < -0.3 is 15.0 Å². The van der Waals surface area contributed by atoms with E-state index in [0.717, 1.165) is 27.0 Å². The van der Waals surface area contributed by atoms with Crippen LogP contribution in [0, 0.1) is 0 Å². The number of hydrogen-bond donors (Lipinski definition) is 1. The molecule has 2 aromatic carbocycles. The zero-order valence-corrected chi connectivity index (χ0v) is 21.6. The van der Waals surface area contributed by atoms with Crippen molar-refractivity contribution in [1.29, 1.82) is 0 Å². The quantitative estimate of drug-likeness (QED) is 0.473. The molecule has 180 valence electrons. The number of ether oxygens (including phenoxy) is 1. The summed E-state index contributed by atoms with van der Waals surface area (Å²) in [6.07, 6.45) is 1.80. The molecule has 10 heteroatoms. The van der Waals surface area contributed by atoms with Crippen LogP contribution in [0.1, 0.15) is 25.8 Å². The van der Waals surface area contributed by atoms with Gasteiger partial charge in [0.25, 0.3) is 0 Å². The first-order valence-electron chi connectivity index (χ1n) is 10.5. The summed E-state index contributed by atoms with van der Waals surface area (Å²) in [6, 6.07) is 13.0. The third-order valence-electron chi connectivity index (χ3n) is 5.02. The number of carbonyl (C=O) groups excluding carboxylic acids is 2. The summed E-state index contributed by atoms with van der Waals surface area (Å²) < 4.78 is 32.1. The number of rotatable bonds is 11. The Kier molecular flexibility index (Phi) is 9.72. The molecule has 0 fully saturated rings. The van der Waals surface area contributed by atoms with Gasteiger partial charge in [-0.15, -0.1) is 0 Å². The van der Waals surface area contributed by atoms with Gasteiger partial charge >= 0.3 is 0 Å². The Morgan fingerprint density at radius 1 is 1.09 bits per heavy atom. The average molecular weight is 540 g/mol. The van der Waals surface area contributed by atoms with E-state index in [-0.39, 0.29) is 12.5 Å². The van der Waals surface area contributed by atoms with Crippen molar-refractivity contribution in [2.45, 2.75) is 32.9 Å². The van der Waals surface area contributed by atoms with E-state index in [9.17, 15) is 18.0 Å². The largest absolute Gasteiger partial charge is 0.497 e. The number of hydrogen-bond acceptors (Lipinski definition) is 5. The van der Waals surface area contributed by atoms with Crippen molar-refractivity contribution in [1.82, 2.24) is 10.2 Å². The van der Waals surface area contributed by atoms with Crippen molar-refractivity contribution in [3.63, 3.8) is 0 Å². The fourth-order valence-electron chi connectivity index (χ4n) is 3.13. The Bertz CT molecular complexity index is 1040. The highest BCUT2D eigenvalue weighted by Crippen LogP contribution is 2.22. The van der Waals surface area contributed by atoms with Gasteiger partial charge in [-0.25, -0.2) is 8.42 Å². The molecular formula is C23H30BrN3O5S. The number of amides is 2. The van der Waals surface area contributed by atoms with E-state index < -0.39 is 28.5 Å². The van der Waals surface area contributed by atoms with Gasteiger partial charge in [-0.05, 0) is 55.3 Å². The molecule has 1 N–H and O–H groups in total. The SMILES string of the molecule is CCCNC(=O)[C@H](C)N(Cc1ccc(Br)cc1)C(=O)CN(c1ccc(OC)cc1)S(C)(=O)=O. The molecule has 0 saturated heterocycles. The van der Waals surface area contributed by atoms with Crippen molar-refractivity contribution in [2.24, 2.45) is 0 Å². The first-order chi connectivity index (χ1) is 15.6. The molecule has 1 atom stereocenters. The molecule has 2 amide bonds. The summed E-state index contributed by atoms with van der Waals surface area (Å²) in [6.45, 7) is 3.79. The number of halogens is 1. The zero-order chi connectivity index (χ0) is 24.6. The van der Waals surface area contributed by atoms with Gasteiger partial charge in [0.1, 0.15) is 18.3 Å². The number of sulfonamides is 1. The van der Waals surface area contributed by atoms with Crippen LogP contribution in [0.2, 0.25) is 0 Å². The first-order valence-corrected chi connectivity index (χ1v) is 13.1. The Labute approximate surface area is 204 Å². The second kappa shape index (κ2) is 12.0. The maximum Gasteiger partial charge on any atom is 0.244 e. The molecule has 0 saturated carbocycles. The Hall–Kier alpha value is -2.59. The molecule has 0 heterocycles. The normalized spacial score (nSPS) is 12.0. The van der Waals surface area contributed by atoms with Crippen LogP contribution >= 0.6 is 15.9 Å². The maximum absolute atomic E-state index is 13.4. The number of methoxy groups -OCH3 is 1. The Morgan fingerprint density at radius 2 is 1.70 bits per heavy atom. The highest BCUT2D eigenvalue weighted by molar-refractivity contribution is 9.10. The van der Waals surface area contributed by atoms with Crippen molar-refractivity contribution in [2.75, 3.05) is 30.8 Å². The average Bonchev–Trinajstić information content (AvgIpc) is 2.79. The molecular weight excluding hydrogens is 510 g/mol. The van der Waals surface area contributed by atoms with E-state index in [1.165, 1.54) is 12.0 Å². The third-order valence-corrected chi connectivity index (χ3v) is 6.69. The Morgan fingerprint density at radius 3 is 2.21 bits per heavy atom. The summed E-state index contributed by atoms with van der Waals surface area (Å²) in [5.74, 6) is -0.215. The molecule has 0 aliphatic heterocycles. The molecule has 0 radical (unpaired) electrons. The summed E-state index contributed by atoms with van der Waals surface area (Å²) in [5.41, 5.74) is 1.15. The van der Waals surface area contributed by atoms with Gasteiger partial charge in [0, 0.05) is 17.6 Å². The van der Waals surface area contributed by atoms with E-state index in [0.29, 0.717) is 18.0 Å². The van der Waals surface area contributed by atoms with Gasteiger partial charge in [0.05, 0.1) is 19.1 Å². The van der Waals surface area contributed by atoms with E-state index in [1.54, 1.807) is 31.2 Å². The third kappa shape index (κ3) is 7.75. The zero-order valence-electron chi connectivity index (χ0n) is 19.2. The van der Waals surface area contributed by atoms with Gasteiger partial charge in [0.15, 0.2) is 0 Å². The van der Waals surface area contributed by atoms with Crippen LogP contribution in [0.15, 0.2) is 53.0 Å². The van der Waals surface area contributed by atoms with Crippen LogP contribution in [-0.4, -0.2) is 57.6 Å². The minimum absolute atomic E-state index is 0.160. The van der Waals surface area contributed by atoms with Crippen LogP contribution in [-0.2, 0) is 26.2 Å². The van der Waals surface area contributed by atoms with Crippen molar-refractivity contribution in [3.8, 4) is 5.75 Å². The van der Waals surface area contributed by atoms with Crippen LogP contribution in [0.3, 0.4) is 0 Å². The van der Waals surface area contributed by atoms with E-state index in [1.807, 2.05) is 31.2 Å². The van der Waals surface area contributed by atoms with Crippen molar-refractivity contribution in [3.05, 3.63) is 58.6 Å². The van der Waals surface area contributed by atoms with Crippen LogP contribution in [0.25, 0.3) is 0 Å². The summed E-state index contributed by atoms with van der Waals surface area (Å²) in [7, 11) is -2.25. The molecule has 0 unspecified atom stereocenters. The van der Waals surface area contributed by atoms with Crippen molar-refractivity contribution >= 4 is 43.5 Å². The van der Waals surface area contributed by atoms with Crippen LogP contribution in [0.4, 0.5) is 5.69 Å². The maximum atomic E-state index is 13.4. The fourth-order valence-corrected chi connectivity index (χ4v) is 4.24. The Balaban J connectivity index is 2.34.